The molecule has 0 fully saturated rings. The third-order valence-corrected chi connectivity index (χ3v) is 4.44. The van der Waals surface area contributed by atoms with Crippen molar-refractivity contribution in [1.82, 2.24) is 0 Å². The minimum absolute atomic E-state index is 0. The van der Waals surface area contributed by atoms with E-state index in [0.29, 0.717) is 6.42 Å². The Labute approximate surface area is 177 Å². The van der Waals surface area contributed by atoms with Crippen LogP contribution >= 0.6 is 0 Å². The molecule has 0 N–H and O–H groups in total. The number of hydrogen-bond acceptors (Lipinski definition) is 4. The van der Waals surface area contributed by atoms with E-state index in [9.17, 15) is 9.59 Å². The Hall–Kier alpha value is -2.37. The molecule has 2 aliphatic rings. The van der Waals surface area contributed by atoms with Gasteiger partial charge in [-0.05, 0) is 41.7 Å². The van der Waals surface area contributed by atoms with Crippen LogP contribution in [0.15, 0.2) is 77.9 Å². The van der Waals surface area contributed by atoms with Crippen molar-refractivity contribution >= 4 is 11.9 Å². The van der Waals surface area contributed by atoms with Crippen molar-refractivity contribution in [2.75, 3.05) is 14.2 Å². The molecule has 150 valence electrons. The van der Waals surface area contributed by atoms with Gasteiger partial charge in [0.05, 0.1) is 14.2 Å². The maximum absolute atomic E-state index is 12.2. The molecule has 2 aliphatic carbocycles. The summed E-state index contributed by atoms with van der Waals surface area (Å²) in [4.78, 5) is 24.4. The van der Waals surface area contributed by atoms with Gasteiger partial charge in [-0.1, -0.05) is 61.6 Å². The standard InChI is InChI=1S/C18H20O4.C5H5.Co/c1-4-14-11-18(16(19)21-2,17(20)22-3)12-15(14)10-13-8-6-5-7-9-13;1-2-4-5-3-1;/h5-9,11-12H,4,10H2,1-3H3;1-5H;. The third kappa shape index (κ3) is 5.56. The van der Waals surface area contributed by atoms with Crippen molar-refractivity contribution in [2.24, 2.45) is 5.41 Å². The molecule has 28 heavy (non-hydrogen) atoms. The molecule has 5 heteroatoms. The van der Waals surface area contributed by atoms with Crippen molar-refractivity contribution in [3.63, 3.8) is 0 Å². The van der Waals surface area contributed by atoms with E-state index < -0.39 is 17.4 Å². The van der Waals surface area contributed by atoms with Gasteiger partial charge in [0.1, 0.15) is 0 Å². The summed E-state index contributed by atoms with van der Waals surface area (Å²) in [6, 6.07) is 9.92. The Balaban J connectivity index is 0.000000567. The first kappa shape index (κ1) is 23.7. The summed E-state index contributed by atoms with van der Waals surface area (Å²) in [5.74, 6) is -1.23. The Morgan fingerprint density at radius 2 is 1.39 bits per heavy atom. The molecule has 0 unspecified atom stereocenters. The van der Waals surface area contributed by atoms with E-state index in [1.807, 2.05) is 68.0 Å². The van der Waals surface area contributed by atoms with Gasteiger partial charge in [-0.25, -0.2) is 0 Å². The number of allylic oxidation sites excluding steroid dienone is 6. The van der Waals surface area contributed by atoms with E-state index in [-0.39, 0.29) is 16.8 Å². The maximum atomic E-state index is 12.2. The predicted octanol–water partition coefficient (Wildman–Crippen LogP) is 4.15. The molecule has 0 atom stereocenters. The molecule has 0 amide bonds. The van der Waals surface area contributed by atoms with E-state index in [1.165, 1.54) is 14.2 Å². The Bertz CT molecular complexity index is 762. The molecule has 2 radical (unpaired) electrons. The predicted molar refractivity (Wildman–Crippen MR) is 106 cm³/mol. The molecule has 0 aromatic heterocycles. The minimum atomic E-state index is -1.46. The fraction of sp³-hybridized carbons (Fsp3) is 0.261. The largest absolute Gasteiger partial charge is 0.468 e. The topological polar surface area (TPSA) is 52.6 Å². The summed E-state index contributed by atoms with van der Waals surface area (Å²) < 4.78 is 9.65. The van der Waals surface area contributed by atoms with Crippen LogP contribution in [0.2, 0.25) is 0 Å². The van der Waals surface area contributed by atoms with Crippen molar-refractivity contribution in [1.29, 1.82) is 0 Å². The monoisotopic (exact) mass is 424 g/mol. The zero-order chi connectivity index (χ0) is 19.7. The van der Waals surface area contributed by atoms with E-state index in [0.717, 1.165) is 23.1 Å². The summed E-state index contributed by atoms with van der Waals surface area (Å²) in [6.07, 6.45) is 14.7. The zero-order valence-electron chi connectivity index (χ0n) is 16.3. The van der Waals surface area contributed by atoms with E-state index in [4.69, 9.17) is 9.47 Å². The molecule has 0 saturated carbocycles. The van der Waals surface area contributed by atoms with Gasteiger partial charge in [0, 0.05) is 23.2 Å². The SMILES string of the molecule is CCC1=CC(C(=O)OC)(C(=O)OC)C=C1Cc1ccccc1.[CH]1C=CC=C1.[Co]. The molecule has 0 saturated heterocycles. The molecule has 0 heterocycles. The maximum Gasteiger partial charge on any atom is 0.331 e. The van der Waals surface area contributed by atoms with Gasteiger partial charge >= 0.3 is 11.9 Å². The number of ether oxygens (including phenoxy) is 2. The fourth-order valence-corrected chi connectivity index (χ4v) is 3.06. The summed E-state index contributed by atoms with van der Waals surface area (Å²) in [7, 11) is 2.55. The smallest absolute Gasteiger partial charge is 0.331 e. The molecule has 0 bridgehead atoms. The Morgan fingerprint density at radius 1 is 0.857 bits per heavy atom. The molecule has 4 nitrogen and oxygen atoms in total. The average Bonchev–Trinajstić information content (AvgIpc) is 3.40. The molecule has 3 rings (SSSR count). The van der Waals surface area contributed by atoms with Gasteiger partial charge in [-0.3, -0.25) is 9.59 Å². The van der Waals surface area contributed by atoms with Crippen molar-refractivity contribution in [3.05, 3.63) is 89.9 Å². The molecular weight excluding hydrogens is 399 g/mol. The van der Waals surface area contributed by atoms with Crippen LogP contribution in [0.1, 0.15) is 18.9 Å². The minimum Gasteiger partial charge on any atom is -0.468 e. The molecule has 1 aromatic carbocycles. The van der Waals surface area contributed by atoms with Crippen LogP contribution in [-0.4, -0.2) is 26.2 Å². The molecule has 1 aromatic rings. The van der Waals surface area contributed by atoms with E-state index in [2.05, 4.69) is 0 Å². The van der Waals surface area contributed by atoms with Gasteiger partial charge in [0.25, 0.3) is 0 Å². The summed E-state index contributed by atoms with van der Waals surface area (Å²) in [6.45, 7) is 2.00. The van der Waals surface area contributed by atoms with E-state index >= 15 is 0 Å². The molecular formula is C23H25CoO4. The van der Waals surface area contributed by atoms with E-state index in [1.54, 1.807) is 12.2 Å². The van der Waals surface area contributed by atoms with Crippen LogP contribution in [0, 0.1) is 11.8 Å². The van der Waals surface area contributed by atoms with Crippen LogP contribution in [0.4, 0.5) is 0 Å². The number of hydrogen-bond donors (Lipinski definition) is 0. The van der Waals surface area contributed by atoms with Gasteiger partial charge in [-0.15, -0.1) is 0 Å². The normalized spacial score (nSPS) is 15.5. The van der Waals surface area contributed by atoms with Gasteiger partial charge in [0.2, 0.25) is 5.41 Å². The van der Waals surface area contributed by atoms with Gasteiger partial charge < -0.3 is 9.47 Å². The van der Waals surface area contributed by atoms with Gasteiger partial charge in [-0.2, -0.15) is 0 Å². The number of benzene rings is 1. The third-order valence-electron chi connectivity index (χ3n) is 4.44. The second-order valence-corrected chi connectivity index (χ2v) is 6.17. The Morgan fingerprint density at radius 3 is 1.82 bits per heavy atom. The van der Waals surface area contributed by atoms with Crippen molar-refractivity contribution < 1.29 is 35.8 Å². The van der Waals surface area contributed by atoms with Crippen LogP contribution in [-0.2, 0) is 42.3 Å². The number of esters is 2. The van der Waals surface area contributed by atoms with Crippen LogP contribution < -0.4 is 0 Å². The fourth-order valence-electron chi connectivity index (χ4n) is 3.06. The van der Waals surface area contributed by atoms with Crippen LogP contribution in [0.25, 0.3) is 0 Å². The molecule has 0 spiro atoms. The Kier molecular flexibility index (Phi) is 9.69. The summed E-state index contributed by atoms with van der Waals surface area (Å²) in [5.41, 5.74) is 1.60. The van der Waals surface area contributed by atoms with Crippen molar-refractivity contribution in [2.45, 2.75) is 19.8 Å². The first-order chi connectivity index (χ1) is 13.1. The summed E-state index contributed by atoms with van der Waals surface area (Å²) >= 11 is 0. The van der Waals surface area contributed by atoms with Crippen LogP contribution in [0.5, 0.6) is 0 Å². The van der Waals surface area contributed by atoms with Crippen molar-refractivity contribution in [3.8, 4) is 0 Å². The van der Waals surface area contributed by atoms with Crippen LogP contribution in [0.3, 0.4) is 0 Å². The van der Waals surface area contributed by atoms with Gasteiger partial charge in [0.15, 0.2) is 0 Å². The number of methoxy groups -OCH3 is 2. The first-order valence-corrected chi connectivity index (χ1v) is 8.88. The second-order valence-electron chi connectivity index (χ2n) is 6.17. The first-order valence-electron chi connectivity index (χ1n) is 8.88. The summed E-state index contributed by atoms with van der Waals surface area (Å²) in [5, 5.41) is 0. The average molecular weight is 424 g/mol. The zero-order valence-corrected chi connectivity index (χ0v) is 17.3. The number of carbonyl (C=O) groups excluding carboxylic acids is 2. The number of carbonyl (C=O) groups is 2. The second kappa shape index (κ2) is 11.5. The number of rotatable bonds is 5. The quantitative estimate of drug-likeness (QED) is 0.526. The molecule has 0 aliphatic heterocycles.